The van der Waals surface area contributed by atoms with Crippen LogP contribution < -0.4 is 4.74 Å². The Hall–Kier alpha value is -2.18. The Kier molecular flexibility index (Phi) is 3.14. The zero-order valence-corrected chi connectivity index (χ0v) is 8.55. The fraction of sp³-hybridized carbons (Fsp3) is 0. The lowest BCUT2D eigenvalue weighted by molar-refractivity contribution is 0.371. The fourth-order valence-corrected chi connectivity index (χ4v) is 1.16. The van der Waals surface area contributed by atoms with E-state index < -0.39 is 40.8 Å². The van der Waals surface area contributed by atoms with Crippen molar-refractivity contribution in [3.05, 3.63) is 53.5 Å². The molecule has 2 aromatic rings. The van der Waals surface area contributed by atoms with Gasteiger partial charge in [-0.3, -0.25) is 0 Å². The van der Waals surface area contributed by atoms with Crippen LogP contribution in [0.2, 0.25) is 0 Å². The summed E-state index contributed by atoms with van der Waals surface area (Å²) in [4.78, 5) is 2.83. The third kappa shape index (κ3) is 2.39. The summed E-state index contributed by atoms with van der Waals surface area (Å²) in [7, 11) is 0. The van der Waals surface area contributed by atoms with E-state index in [9.17, 15) is 22.0 Å². The summed E-state index contributed by atoms with van der Waals surface area (Å²) < 4.78 is 68.8. The van der Waals surface area contributed by atoms with E-state index in [1.54, 1.807) is 0 Å². The number of halogens is 5. The molecule has 1 aromatic carbocycles. The van der Waals surface area contributed by atoms with Crippen LogP contribution in [0.15, 0.2) is 24.3 Å². The zero-order chi connectivity index (χ0) is 13.3. The van der Waals surface area contributed by atoms with Crippen molar-refractivity contribution in [2.45, 2.75) is 0 Å². The molecule has 2 rings (SSSR count). The predicted molar refractivity (Wildman–Crippen MR) is 50.5 cm³/mol. The summed E-state index contributed by atoms with van der Waals surface area (Å²) in [6.07, 6.45) is 0. The van der Waals surface area contributed by atoms with E-state index in [-0.39, 0.29) is 6.07 Å². The molecule has 0 spiro atoms. The van der Waals surface area contributed by atoms with Crippen molar-refractivity contribution in [1.29, 1.82) is 0 Å². The topological polar surface area (TPSA) is 22.1 Å². The maximum Gasteiger partial charge on any atom is 0.258 e. The van der Waals surface area contributed by atoms with Crippen LogP contribution in [0.1, 0.15) is 0 Å². The summed E-state index contributed by atoms with van der Waals surface area (Å²) in [5.41, 5.74) is 0. The van der Waals surface area contributed by atoms with Crippen LogP contribution in [0.25, 0.3) is 0 Å². The average molecular weight is 261 g/mol. The third-order valence-corrected chi connectivity index (χ3v) is 1.96. The standard InChI is InChI=1S/C11H4F5NO/c12-5-1-2-9(6(13)3-5)18-11-8(15)4-7(14)10(16)17-11/h1-4H. The van der Waals surface area contributed by atoms with Gasteiger partial charge in [-0.25, -0.2) is 17.6 Å². The average Bonchev–Trinajstić information content (AvgIpc) is 2.29. The van der Waals surface area contributed by atoms with E-state index in [0.717, 1.165) is 12.1 Å². The molecule has 0 saturated carbocycles. The number of aromatic nitrogens is 1. The normalized spacial score (nSPS) is 10.5. The monoisotopic (exact) mass is 261 g/mol. The quantitative estimate of drug-likeness (QED) is 0.609. The molecule has 2 nitrogen and oxygen atoms in total. The maximum absolute atomic E-state index is 13.2. The van der Waals surface area contributed by atoms with E-state index in [4.69, 9.17) is 0 Å². The number of hydrogen-bond donors (Lipinski definition) is 0. The molecule has 18 heavy (non-hydrogen) atoms. The highest BCUT2D eigenvalue weighted by Crippen LogP contribution is 2.26. The van der Waals surface area contributed by atoms with Gasteiger partial charge in [-0.05, 0) is 12.1 Å². The van der Waals surface area contributed by atoms with E-state index in [1.807, 2.05) is 0 Å². The van der Waals surface area contributed by atoms with E-state index in [2.05, 4.69) is 9.72 Å². The largest absolute Gasteiger partial charge is 0.433 e. The molecule has 0 saturated heterocycles. The number of benzene rings is 1. The minimum Gasteiger partial charge on any atom is -0.433 e. The molecule has 1 aromatic heterocycles. The number of pyridine rings is 1. The van der Waals surface area contributed by atoms with Crippen LogP contribution >= 0.6 is 0 Å². The molecule has 7 heteroatoms. The van der Waals surface area contributed by atoms with Gasteiger partial charge < -0.3 is 4.74 Å². The highest BCUT2D eigenvalue weighted by Gasteiger charge is 2.15. The van der Waals surface area contributed by atoms with Gasteiger partial charge in [0.2, 0.25) is 0 Å². The minimum atomic E-state index is -1.59. The highest BCUT2D eigenvalue weighted by molar-refractivity contribution is 5.29. The molecule has 0 N–H and O–H groups in total. The van der Waals surface area contributed by atoms with Crippen LogP contribution in [-0.4, -0.2) is 4.98 Å². The van der Waals surface area contributed by atoms with Gasteiger partial charge in [0.05, 0.1) is 0 Å². The molecular weight excluding hydrogens is 257 g/mol. The molecule has 0 fully saturated rings. The van der Waals surface area contributed by atoms with Crippen LogP contribution in [0.5, 0.6) is 11.6 Å². The maximum atomic E-state index is 13.2. The lowest BCUT2D eigenvalue weighted by Crippen LogP contribution is -1.99. The van der Waals surface area contributed by atoms with Crippen LogP contribution in [0, 0.1) is 29.2 Å². The lowest BCUT2D eigenvalue weighted by Gasteiger charge is -2.06. The van der Waals surface area contributed by atoms with Crippen molar-refractivity contribution < 1.29 is 26.7 Å². The number of rotatable bonds is 2. The fourth-order valence-electron chi connectivity index (χ4n) is 1.16. The van der Waals surface area contributed by atoms with Crippen molar-refractivity contribution in [3.63, 3.8) is 0 Å². The lowest BCUT2D eigenvalue weighted by atomic mass is 10.3. The van der Waals surface area contributed by atoms with Crippen LogP contribution in [0.3, 0.4) is 0 Å². The number of ether oxygens (including phenoxy) is 1. The smallest absolute Gasteiger partial charge is 0.258 e. The number of hydrogen-bond acceptors (Lipinski definition) is 2. The van der Waals surface area contributed by atoms with E-state index >= 15 is 0 Å². The van der Waals surface area contributed by atoms with Crippen LogP contribution in [-0.2, 0) is 0 Å². The predicted octanol–water partition coefficient (Wildman–Crippen LogP) is 3.57. The summed E-state index contributed by atoms with van der Waals surface area (Å²) in [5, 5.41) is 0. The second-order valence-electron chi connectivity index (χ2n) is 3.22. The molecule has 0 aliphatic heterocycles. The Morgan fingerprint density at radius 2 is 1.56 bits per heavy atom. The molecule has 94 valence electrons. The Labute approximate surface area is 97.6 Å². The first-order valence-corrected chi connectivity index (χ1v) is 4.62. The Morgan fingerprint density at radius 1 is 0.833 bits per heavy atom. The van der Waals surface area contributed by atoms with Gasteiger partial charge in [0.15, 0.2) is 23.2 Å². The molecule has 0 radical (unpaired) electrons. The molecule has 0 aliphatic rings. The van der Waals surface area contributed by atoms with Crippen molar-refractivity contribution in [3.8, 4) is 11.6 Å². The van der Waals surface area contributed by atoms with Gasteiger partial charge in [-0.15, -0.1) is 0 Å². The molecule has 0 atom stereocenters. The first kappa shape index (κ1) is 12.3. The Bertz CT molecular complexity index is 602. The molecule has 1 heterocycles. The SMILES string of the molecule is Fc1ccc(Oc2nc(F)c(F)cc2F)c(F)c1. The first-order valence-electron chi connectivity index (χ1n) is 4.62. The molecule has 0 aliphatic carbocycles. The van der Waals surface area contributed by atoms with E-state index in [1.165, 1.54) is 0 Å². The van der Waals surface area contributed by atoms with Crippen molar-refractivity contribution in [2.24, 2.45) is 0 Å². The van der Waals surface area contributed by atoms with Crippen LogP contribution in [0.4, 0.5) is 22.0 Å². The van der Waals surface area contributed by atoms with Crippen molar-refractivity contribution in [2.75, 3.05) is 0 Å². The molecular formula is C11H4F5NO. The first-order chi connectivity index (χ1) is 8.47. The molecule has 0 bridgehead atoms. The molecule has 0 amide bonds. The van der Waals surface area contributed by atoms with Gasteiger partial charge >= 0.3 is 0 Å². The zero-order valence-electron chi connectivity index (χ0n) is 8.55. The number of nitrogens with zero attached hydrogens (tertiary/aromatic N) is 1. The third-order valence-electron chi connectivity index (χ3n) is 1.96. The second-order valence-corrected chi connectivity index (χ2v) is 3.22. The van der Waals surface area contributed by atoms with Crippen molar-refractivity contribution in [1.82, 2.24) is 4.98 Å². The van der Waals surface area contributed by atoms with Gasteiger partial charge in [0.1, 0.15) is 5.82 Å². The highest BCUT2D eigenvalue weighted by atomic mass is 19.2. The Balaban J connectivity index is 2.37. The minimum absolute atomic E-state index is 0.207. The second kappa shape index (κ2) is 4.59. The van der Waals surface area contributed by atoms with Gasteiger partial charge in [0, 0.05) is 12.1 Å². The van der Waals surface area contributed by atoms with Gasteiger partial charge in [0.25, 0.3) is 11.8 Å². The summed E-state index contributed by atoms with van der Waals surface area (Å²) >= 11 is 0. The molecule has 0 unspecified atom stereocenters. The van der Waals surface area contributed by atoms with Crippen molar-refractivity contribution >= 4 is 0 Å². The van der Waals surface area contributed by atoms with Gasteiger partial charge in [-0.1, -0.05) is 0 Å². The van der Waals surface area contributed by atoms with Gasteiger partial charge in [-0.2, -0.15) is 9.37 Å². The summed E-state index contributed by atoms with van der Waals surface area (Å²) in [6, 6.07) is 2.43. The Morgan fingerprint density at radius 3 is 2.22 bits per heavy atom. The summed E-state index contributed by atoms with van der Waals surface area (Å²) in [6.45, 7) is 0. The van der Waals surface area contributed by atoms with E-state index in [0.29, 0.717) is 6.07 Å². The summed E-state index contributed by atoms with van der Waals surface area (Å²) in [5.74, 6) is -7.89.